The quantitative estimate of drug-likeness (QED) is 0.931. The molecule has 1 aromatic heterocycles. The fraction of sp³-hybridized carbons (Fsp3) is 0.619. The number of aliphatic hydroxyl groups excluding tert-OH is 1. The summed E-state index contributed by atoms with van der Waals surface area (Å²) in [7, 11) is 2.19. The minimum absolute atomic E-state index is 0.0635. The predicted molar refractivity (Wildman–Crippen MR) is 103 cm³/mol. The van der Waals surface area contributed by atoms with Crippen molar-refractivity contribution in [2.75, 3.05) is 26.2 Å². The third-order valence-corrected chi connectivity index (χ3v) is 6.26. The summed E-state index contributed by atoms with van der Waals surface area (Å²) in [6.45, 7) is 7.74. The molecule has 25 heavy (non-hydrogen) atoms. The SMILES string of the molecule is Cc1ccc2c(c1)cc(CN1CCC(N3CCC(O)CC3)CC1)n2C. The standard InChI is InChI=1S/C21H31N3O/c1-16-3-4-21-17(13-16)14-19(22(21)2)15-23-9-5-18(6-10-23)24-11-7-20(25)8-12-24/h3-4,13-14,18,20,25H,5-12,15H2,1-2H3. The molecule has 136 valence electrons. The molecule has 4 rings (SSSR count). The summed E-state index contributed by atoms with van der Waals surface area (Å²) in [4.78, 5) is 5.22. The van der Waals surface area contributed by atoms with Crippen molar-refractivity contribution in [1.29, 1.82) is 0 Å². The Morgan fingerprint density at radius 2 is 1.72 bits per heavy atom. The molecule has 0 bridgehead atoms. The van der Waals surface area contributed by atoms with Gasteiger partial charge < -0.3 is 14.6 Å². The van der Waals surface area contributed by atoms with E-state index in [1.165, 1.54) is 48.1 Å². The zero-order chi connectivity index (χ0) is 17.4. The van der Waals surface area contributed by atoms with E-state index in [9.17, 15) is 5.11 Å². The second kappa shape index (κ2) is 7.10. The van der Waals surface area contributed by atoms with Gasteiger partial charge in [0.05, 0.1) is 6.10 Å². The van der Waals surface area contributed by atoms with Gasteiger partial charge in [-0.25, -0.2) is 0 Å². The Labute approximate surface area is 151 Å². The van der Waals surface area contributed by atoms with Crippen molar-refractivity contribution in [1.82, 2.24) is 14.4 Å². The molecule has 0 unspecified atom stereocenters. The number of hydrogen-bond acceptors (Lipinski definition) is 3. The van der Waals surface area contributed by atoms with Crippen molar-refractivity contribution in [3.63, 3.8) is 0 Å². The average Bonchev–Trinajstić information content (AvgIpc) is 2.91. The molecule has 2 saturated heterocycles. The zero-order valence-electron chi connectivity index (χ0n) is 15.6. The molecule has 0 amide bonds. The molecule has 2 aromatic rings. The Morgan fingerprint density at radius 1 is 1.00 bits per heavy atom. The molecule has 1 N–H and O–H groups in total. The van der Waals surface area contributed by atoms with E-state index < -0.39 is 0 Å². The Morgan fingerprint density at radius 3 is 2.44 bits per heavy atom. The number of benzene rings is 1. The van der Waals surface area contributed by atoms with Crippen LogP contribution in [0.2, 0.25) is 0 Å². The second-order valence-corrected chi connectivity index (χ2v) is 8.03. The lowest BCUT2D eigenvalue weighted by atomic mass is 9.99. The fourth-order valence-electron chi connectivity index (χ4n) is 4.60. The summed E-state index contributed by atoms with van der Waals surface area (Å²) >= 11 is 0. The number of likely N-dealkylation sites (tertiary alicyclic amines) is 2. The lowest BCUT2D eigenvalue weighted by Crippen LogP contribution is -2.48. The first-order chi connectivity index (χ1) is 12.1. The predicted octanol–water partition coefficient (Wildman–Crippen LogP) is 2.91. The highest BCUT2D eigenvalue weighted by molar-refractivity contribution is 5.82. The van der Waals surface area contributed by atoms with Crippen molar-refractivity contribution in [2.24, 2.45) is 7.05 Å². The van der Waals surface area contributed by atoms with Crippen LogP contribution in [0.15, 0.2) is 24.3 Å². The molecular formula is C21H31N3O. The molecule has 0 aliphatic carbocycles. The van der Waals surface area contributed by atoms with Gasteiger partial charge in [-0.15, -0.1) is 0 Å². The van der Waals surface area contributed by atoms with E-state index in [1.807, 2.05) is 0 Å². The van der Waals surface area contributed by atoms with E-state index in [-0.39, 0.29) is 6.10 Å². The molecule has 2 fully saturated rings. The van der Waals surface area contributed by atoms with Crippen molar-refractivity contribution in [2.45, 2.75) is 51.3 Å². The van der Waals surface area contributed by atoms with Gasteiger partial charge in [0, 0.05) is 62.4 Å². The van der Waals surface area contributed by atoms with E-state index in [0.29, 0.717) is 0 Å². The van der Waals surface area contributed by atoms with Gasteiger partial charge in [-0.05, 0) is 50.8 Å². The van der Waals surface area contributed by atoms with Crippen molar-refractivity contribution >= 4 is 10.9 Å². The first-order valence-corrected chi connectivity index (χ1v) is 9.79. The topological polar surface area (TPSA) is 31.6 Å². The Balaban J connectivity index is 1.36. The van der Waals surface area contributed by atoms with Crippen LogP contribution in [0.25, 0.3) is 10.9 Å². The van der Waals surface area contributed by atoms with Crippen LogP contribution in [-0.4, -0.2) is 57.8 Å². The van der Waals surface area contributed by atoms with Gasteiger partial charge in [0.1, 0.15) is 0 Å². The largest absolute Gasteiger partial charge is 0.393 e. The molecule has 0 radical (unpaired) electrons. The van der Waals surface area contributed by atoms with E-state index in [4.69, 9.17) is 0 Å². The summed E-state index contributed by atoms with van der Waals surface area (Å²) in [5.74, 6) is 0. The molecule has 2 aliphatic rings. The van der Waals surface area contributed by atoms with Crippen molar-refractivity contribution in [3.05, 3.63) is 35.5 Å². The summed E-state index contributed by atoms with van der Waals surface area (Å²) in [6.07, 6.45) is 4.37. The number of hydrogen-bond donors (Lipinski definition) is 1. The van der Waals surface area contributed by atoms with Gasteiger partial charge in [0.25, 0.3) is 0 Å². The van der Waals surface area contributed by atoms with Crippen LogP contribution in [0.5, 0.6) is 0 Å². The fourth-order valence-corrected chi connectivity index (χ4v) is 4.60. The van der Waals surface area contributed by atoms with Crippen LogP contribution >= 0.6 is 0 Å². The van der Waals surface area contributed by atoms with Gasteiger partial charge >= 0.3 is 0 Å². The number of aromatic nitrogens is 1. The molecule has 4 nitrogen and oxygen atoms in total. The van der Waals surface area contributed by atoms with Crippen LogP contribution in [0.1, 0.15) is 36.9 Å². The van der Waals surface area contributed by atoms with Gasteiger partial charge in [0.15, 0.2) is 0 Å². The van der Waals surface area contributed by atoms with Crippen LogP contribution in [0.4, 0.5) is 0 Å². The Kier molecular flexibility index (Phi) is 4.85. The number of fused-ring (bicyclic) bond motifs is 1. The van der Waals surface area contributed by atoms with Gasteiger partial charge in [-0.2, -0.15) is 0 Å². The number of aliphatic hydroxyl groups is 1. The Hall–Kier alpha value is -1.36. The number of nitrogens with zero attached hydrogens (tertiary/aromatic N) is 3. The summed E-state index contributed by atoms with van der Waals surface area (Å²) < 4.78 is 2.35. The maximum absolute atomic E-state index is 9.70. The van der Waals surface area contributed by atoms with Crippen LogP contribution in [0, 0.1) is 6.92 Å². The molecule has 0 atom stereocenters. The highest BCUT2D eigenvalue weighted by Crippen LogP contribution is 2.24. The summed E-state index contributed by atoms with van der Waals surface area (Å²) in [5, 5.41) is 11.1. The molecule has 3 heterocycles. The second-order valence-electron chi connectivity index (χ2n) is 8.03. The molecular weight excluding hydrogens is 310 g/mol. The van der Waals surface area contributed by atoms with Crippen molar-refractivity contribution < 1.29 is 5.11 Å². The monoisotopic (exact) mass is 341 g/mol. The molecule has 2 aliphatic heterocycles. The van der Waals surface area contributed by atoms with Crippen LogP contribution in [0.3, 0.4) is 0 Å². The maximum atomic E-state index is 9.70. The zero-order valence-corrected chi connectivity index (χ0v) is 15.6. The Bertz CT molecular complexity index is 722. The van der Waals surface area contributed by atoms with Gasteiger partial charge in [-0.1, -0.05) is 11.6 Å². The maximum Gasteiger partial charge on any atom is 0.0564 e. The molecule has 0 spiro atoms. The average molecular weight is 341 g/mol. The minimum atomic E-state index is -0.0635. The lowest BCUT2D eigenvalue weighted by molar-refractivity contribution is 0.0373. The molecule has 0 saturated carbocycles. The van der Waals surface area contributed by atoms with E-state index >= 15 is 0 Å². The third kappa shape index (κ3) is 3.62. The molecule has 1 aromatic carbocycles. The highest BCUT2D eigenvalue weighted by atomic mass is 16.3. The number of aryl methyl sites for hydroxylation is 2. The number of piperidine rings is 2. The number of rotatable bonds is 3. The normalized spacial score (nSPS) is 22.0. The van der Waals surface area contributed by atoms with Gasteiger partial charge in [-0.3, -0.25) is 4.90 Å². The first-order valence-electron chi connectivity index (χ1n) is 9.79. The summed E-state index contributed by atoms with van der Waals surface area (Å²) in [5.41, 5.74) is 4.08. The van der Waals surface area contributed by atoms with E-state index in [0.717, 1.165) is 38.5 Å². The minimum Gasteiger partial charge on any atom is -0.393 e. The van der Waals surface area contributed by atoms with E-state index in [1.54, 1.807) is 0 Å². The van der Waals surface area contributed by atoms with Gasteiger partial charge in [0.2, 0.25) is 0 Å². The summed E-state index contributed by atoms with van der Waals surface area (Å²) in [6, 6.07) is 9.81. The third-order valence-electron chi connectivity index (χ3n) is 6.26. The smallest absolute Gasteiger partial charge is 0.0564 e. The van der Waals surface area contributed by atoms with E-state index in [2.05, 4.69) is 52.6 Å². The molecule has 4 heteroatoms. The lowest BCUT2D eigenvalue weighted by Gasteiger charge is -2.41. The van der Waals surface area contributed by atoms with Crippen molar-refractivity contribution in [3.8, 4) is 0 Å². The van der Waals surface area contributed by atoms with Crippen LogP contribution < -0.4 is 0 Å². The van der Waals surface area contributed by atoms with Crippen LogP contribution in [-0.2, 0) is 13.6 Å². The highest BCUT2D eigenvalue weighted by Gasteiger charge is 2.27. The first kappa shape index (κ1) is 17.1.